The molecule has 0 unspecified atom stereocenters. The van der Waals surface area contributed by atoms with Crippen molar-refractivity contribution in [2.75, 3.05) is 25.0 Å². The van der Waals surface area contributed by atoms with Crippen molar-refractivity contribution in [1.29, 1.82) is 0 Å². The number of carbonyl (C=O) groups is 2. The number of aromatic nitrogens is 2. The minimum Gasteiger partial charge on any atom is -0.307 e. The van der Waals surface area contributed by atoms with E-state index >= 15 is 0 Å². The number of hydrogen-bond acceptors (Lipinski definition) is 4. The van der Waals surface area contributed by atoms with Gasteiger partial charge in [0.15, 0.2) is 11.6 Å². The Balaban J connectivity index is 1.57. The summed E-state index contributed by atoms with van der Waals surface area (Å²) < 4.78 is 0. The van der Waals surface area contributed by atoms with Crippen molar-refractivity contribution >= 4 is 17.5 Å². The number of nitrogens with zero attached hydrogens (tertiary/aromatic N) is 2. The van der Waals surface area contributed by atoms with Crippen molar-refractivity contribution in [3.63, 3.8) is 0 Å². The molecule has 1 amide bonds. The summed E-state index contributed by atoms with van der Waals surface area (Å²) in [6.45, 7) is 2.26. The summed E-state index contributed by atoms with van der Waals surface area (Å²) in [4.78, 5) is 26.7. The minimum absolute atomic E-state index is 0.0872. The standard InChI is InChI=1S/C16H16N4O2/c21-12(9-20-7-3-4-8-20)17-16-13-14(18-19-16)10-5-1-2-6-11(10)15(13)22/h1-2,5-6H,3-4,7-9H2,(H2,17,18,19,21). The molecule has 0 bridgehead atoms. The summed E-state index contributed by atoms with van der Waals surface area (Å²) in [6.07, 6.45) is 2.28. The third-order valence-corrected chi connectivity index (χ3v) is 4.26. The molecule has 1 saturated heterocycles. The number of rotatable bonds is 3. The van der Waals surface area contributed by atoms with E-state index in [-0.39, 0.29) is 11.7 Å². The molecule has 0 atom stereocenters. The molecule has 4 rings (SSSR count). The Morgan fingerprint density at radius 1 is 1.23 bits per heavy atom. The summed E-state index contributed by atoms with van der Waals surface area (Å²) in [7, 11) is 0. The van der Waals surface area contributed by atoms with Gasteiger partial charge < -0.3 is 5.32 Å². The second-order valence-electron chi connectivity index (χ2n) is 5.73. The van der Waals surface area contributed by atoms with Crippen LogP contribution in [0.25, 0.3) is 11.3 Å². The van der Waals surface area contributed by atoms with E-state index < -0.39 is 0 Å². The van der Waals surface area contributed by atoms with Crippen LogP contribution in [0.4, 0.5) is 5.82 Å². The van der Waals surface area contributed by atoms with Crippen molar-refractivity contribution in [2.24, 2.45) is 0 Å². The van der Waals surface area contributed by atoms with E-state index in [1.54, 1.807) is 6.07 Å². The zero-order valence-corrected chi connectivity index (χ0v) is 12.1. The number of likely N-dealkylation sites (tertiary alicyclic amines) is 1. The molecule has 22 heavy (non-hydrogen) atoms. The van der Waals surface area contributed by atoms with Gasteiger partial charge in [0.1, 0.15) is 0 Å². The molecule has 112 valence electrons. The Morgan fingerprint density at radius 3 is 2.73 bits per heavy atom. The van der Waals surface area contributed by atoms with Crippen LogP contribution in [0.2, 0.25) is 0 Å². The fourth-order valence-electron chi connectivity index (χ4n) is 3.20. The number of fused-ring (bicyclic) bond motifs is 3. The highest BCUT2D eigenvalue weighted by molar-refractivity contribution is 6.24. The van der Waals surface area contributed by atoms with Gasteiger partial charge in [-0.25, -0.2) is 0 Å². The normalized spacial score (nSPS) is 16.6. The average Bonchev–Trinajstić information content (AvgIpc) is 3.21. The second-order valence-corrected chi connectivity index (χ2v) is 5.73. The Kier molecular flexibility index (Phi) is 3.04. The maximum atomic E-state index is 12.5. The van der Waals surface area contributed by atoms with Crippen LogP contribution >= 0.6 is 0 Å². The van der Waals surface area contributed by atoms with Gasteiger partial charge in [0.25, 0.3) is 0 Å². The van der Waals surface area contributed by atoms with Gasteiger partial charge in [0.05, 0.1) is 17.8 Å². The predicted molar refractivity (Wildman–Crippen MR) is 81.8 cm³/mol. The number of hydrogen-bond donors (Lipinski definition) is 2. The highest BCUT2D eigenvalue weighted by Gasteiger charge is 2.32. The molecule has 1 fully saturated rings. The molecule has 1 aromatic carbocycles. The van der Waals surface area contributed by atoms with Crippen molar-refractivity contribution in [3.05, 3.63) is 35.4 Å². The molecule has 6 heteroatoms. The SMILES string of the molecule is O=C(CN1CCCC1)Nc1n[nH]c2c1C(=O)c1ccccc1-2. The van der Waals surface area contributed by atoms with E-state index in [0.29, 0.717) is 29.2 Å². The lowest BCUT2D eigenvalue weighted by molar-refractivity contribution is -0.117. The van der Waals surface area contributed by atoms with Crippen molar-refractivity contribution in [2.45, 2.75) is 12.8 Å². The van der Waals surface area contributed by atoms with E-state index in [1.807, 2.05) is 18.2 Å². The third-order valence-electron chi connectivity index (χ3n) is 4.26. The van der Waals surface area contributed by atoms with E-state index in [0.717, 1.165) is 31.5 Å². The van der Waals surface area contributed by atoms with Crippen molar-refractivity contribution in [3.8, 4) is 11.3 Å². The van der Waals surface area contributed by atoms with E-state index in [2.05, 4.69) is 20.4 Å². The quantitative estimate of drug-likeness (QED) is 0.770. The summed E-state index contributed by atoms with van der Waals surface area (Å²) in [5.74, 6) is 0.121. The Morgan fingerprint density at radius 2 is 1.95 bits per heavy atom. The fraction of sp³-hybridized carbons (Fsp3) is 0.312. The largest absolute Gasteiger partial charge is 0.307 e. The first-order chi connectivity index (χ1) is 10.7. The fourth-order valence-corrected chi connectivity index (χ4v) is 3.20. The molecule has 2 heterocycles. The molecule has 1 aliphatic heterocycles. The van der Waals surface area contributed by atoms with Gasteiger partial charge in [-0.1, -0.05) is 24.3 Å². The summed E-state index contributed by atoms with van der Waals surface area (Å²) in [6, 6.07) is 7.39. The Labute approximate surface area is 127 Å². The van der Waals surface area contributed by atoms with Gasteiger partial charge in [-0.3, -0.25) is 19.6 Å². The monoisotopic (exact) mass is 296 g/mol. The number of benzene rings is 1. The van der Waals surface area contributed by atoms with Crippen LogP contribution < -0.4 is 5.32 Å². The first kappa shape index (κ1) is 13.2. The summed E-state index contributed by atoms with van der Waals surface area (Å²) in [5.41, 5.74) is 2.66. The average molecular weight is 296 g/mol. The zero-order chi connectivity index (χ0) is 15.1. The number of ketones is 1. The topological polar surface area (TPSA) is 78.1 Å². The molecule has 1 aliphatic carbocycles. The smallest absolute Gasteiger partial charge is 0.239 e. The predicted octanol–water partition coefficient (Wildman–Crippen LogP) is 1.66. The molecule has 0 radical (unpaired) electrons. The first-order valence-corrected chi connectivity index (χ1v) is 7.49. The van der Waals surface area contributed by atoms with Gasteiger partial charge in [-0.15, -0.1) is 0 Å². The van der Waals surface area contributed by atoms with Crippen LogP contribution in [0.5, 0.6) is 0 Å². The van der Waals surface area contributed by atoms with E-state index in [4.69, 9.17) is 0 Å². The van der Waals surface area contributed by atoms with E-state index in [1.165, 1.54) is 0 Å². The lowest BCUT2D eigenvalue weighted by Crippen LogP contribution is -2.31. The van der Waals surface area contributed by atoms with Crippen LogP contribution in [-0.4, -0.2) is 46.4 Å². The number of anilines is 1. The van der Waals surface area contributed by atoms with Gasteiger partial charge in [-0.2, -0.15) is 5.10 Å². The van der Waals surface area contributed by atoms with Crippen LogP contribution in [-0.2, 0) is 4.79 Å². The van der Waals surface area contributed by atoms with Gasteiger partial charge >= 0.3 is 0 Å². The molecular weight excluding hydrogens is 280 g/mol. The maximum Gasteiger partial charge on any atom is 0.239 e. The third kappa shape index (κ3) is 2.03. The van der Waals surface area contributed by atoms with Gasteiger partial charge in [0.2, 0.25) is 5.91 Å². The number of H-pyrrole nitrogens is 1. The lowest BCUT2D eigenvalue weighted by atomic mass is 10.1. The zero-order valence-electron chi connectivity index (χ0n) is 12.1. The highest BCUT2D eigenvalue weighted by Crippen LogP contribution is 2.38. The number of nitrogens with one attached hydrogen (secondary N) is 2. The molecule has 2 N–H and O–H groups in total. The summed E-state index contributed by atoms with van der Waals surface area (Å²) in [5, 5.41) is 9.75. The number of amides is 1. The number of aromatic amines is 1. The van der Waals surface area contributed by atoms with Crippen molar-refractivity contribution in [1.82, 2.24) is 15.1 Å². The first-order valence-electron chi connectivity index (χ1n) is 7.49. The Hall–Kier alpha value is -2.47. The van der Waals surface area contributed by atoms with Gasteiger partial charge in [-0.05, 0) is 25.9 Å². The minimum atomic E-state index is -0.125. The molecule has 0 saturated carbocycles. The van der Waals surface area contributed by atoms with E-state index in [9.17, 15) is 9.59 Å². The van der Waals surface area contributed by atoms with Crippen LogP contribution in [0.1, 0.15) is 28.8 Å². The summed E-state index contributed by atoms with van der Waals surface area (Å²) >= 11 is 0. The molecular formula is C16H16N4O2. The molecule has 0 spiro atoms. The van der Waals surface area contributed by atoms with Crippen molar-refractivity contribution < 1.29 is 9.59 Å². The highest BCUT2D eigenvalue weighted by atomic mass is 16.2. The molecule has 2 aliphatic rings. The lowest BCUT2D eigenvalue weighted by Gasteiger charge is -2.13. The van der Waals surface area contributed by atoms with Crippen LogP contribution in [0.3, 0.4) is 0 Å². The molecule has 6 nitrogen and oxygen atoms in total. The number of carbonyl (C=O) groups excluding carboxylic acids is 2. The van der Waals surface area contributed by atoms with Crippen LogP contribution in [0.15, 0.2) is 24.3 Å². The maximum absolute atomic E-state index is 12.5. The van der Waals surface area contributed by atoms with Crippen LogP contribution in [0, 0.1) is 0 Å². The Bertz CT molecular complexity index is 759. The molecule has 2 aromatic rings. The molecule has 1 aromatic heterocycles. The van der Waals surface area contributed by atoms with Gasteiger partial charge in [0, 0.05) is 11.1 Å². The second kappa shape index (κ2) is 5.06.